The van der Waals surface area contributed by atoms with Crippen LogP contribution in [-0.4, -0.2) is 19.1 Å². The number of para-hydroxylation sites is 3. The fraction of sp³-hybridized carbons (Fsp3) is 0.0741. The monoisotopic (exact) mass is 609 g/mol. The van der Waals surface area contributed by atoms with Gasteiger partial charge in [0.05, 0.1) is 11.2 Å². The first kappa shape index (κ1) is 22.6. The van der Waals surface area contributed by atoms with Crippen molar-refractivity contribution in [1.82, 2.24) is 24.1 Å². The van der Waals surface area contributed by atoms with Crippen LogP contribution in [0.5, 0.6) is 0 Å². The maximum atomic E-state index is 4.62. The fourth-order valence-electron chi connectivity index (χ4n) is 3.46. The van der Waals surface area contributed by atoms with Crippen LogP contribution in [0.25, 0.3) is 39.1 Å². The van der Waals surface area contributed by atoms with Gasteiger partial charge in [0.25, 0.3) is 0 Å². The largest absolute Gasteiger partial charge is 0.434 e. The molecule has 3 aromatic heterocycles. The maximum Gasteiger partial charge on any atom is 0.163 e. The number of pyridine rings is 1. The van der Waals surface area contributed by atoms with Crippen molar-refractivity contribution in [3.05, 3.63) is 109 Å². The van der Waals surface area contributed by atoms with E-state index in [1.807, 2.05) is 89.5 Å². The molecule has 0 fully saturated rings. The fourth-order valence-corrected chi connectivity index (χ4v) is 3.46. The number of aryl methyl sites for hydroxylation is 2. The molecule has 0 saturated carbocycles. The summed E-state index contributed by atoms with van der Waals surface area (Å²) >= 11 is 0. The number of rotatable bonds is 2. The number of hydrogen-bond acceptors (Lipinski definition) is 2. The molecule has 0 spiro atoms. The Morgan fingerprint density at radius 3 is 2.36 bits per heavy atom. The van der Waals surface area contributed by atoms with Crippen molar-refractivity contribution in [2.45, 2.75) is 6.92 Å². The van der Waals surface area contributed by atoms with Crippen LogP contribution in [0.2, 0.25) is 0 Å². The first-order valence-electron chi connectivity index (χ1n) is 10.4. The molecule has 0 unspecified atom stereocenters. The third-order valence-corrected chi connectivity index (χ3v) is 5.16. The number of imidazole rings is 2. The second kappa shape index (κ2) is 9.90. The third kappa shape index (κ3) is 5.08. The SMILES string of the molecule is Cc1c[c-]c(-n2ccn(C)[cH+]2)cc1.[Ir].c1ccc2nc(-c3nc4ccccc4[n-]3)ccc2c1. The summed E-state index contributed by atoms with van der Waals surface area (Å²) < 4.78 is 4.05. The molecule has 165 valence electrons. The topological polar surface area (TPSA) is 49.7 Å². The van der Waals surface area contributed by atoms with Gasteiger partial charge in [-0.25, -0.2) is 9.55 Å². The molecule has 0 aliphatic rings. The smallest absolute Gasteiger partial charge is 0.163 e. The van der Waals surface area contributed by atoms with Gasteiger partial charge in [-0.2, -0.15) is 17.7 Å². The zero-order chi connectivity index (χ0) is 21.9. The van der Waals surface area contributed by atoms with E-state index in [9.17, 15) is 0 Å². The summed E-state index contributed by atoms with van der Waals surface area (Å²) in [5.74, 6) is 0.687. The van der Waals surface area contributed by atoms with E-state index in [4.69, 9.17) is 0 Å². The van der Waals surface area contributed by atoms with E-state index in [-0.39, 0.29) is 20.1 Å². The van der Waals surface area contributed by atoms with Crippen LogP contribution in [-0.2, 0) is 27.2 Å². The minimum atomic E-state index is 0. The molecule has 0 atom stereocenters. The van der Waals surface area contributed by atoms with Gasteiger partial charge in [0.1, 0.15) is 12.4 Å². The Balaban J connectivity index is 0.000000164. The number of hydrogen-bond donors (Lipinski definition) is 0. The molecule has 3 heterocycles. The van der Waals surface area contributed by atoms with Crippen molar-refractivity contribution in [1.29, 1.82) is 0 Å². The van der Waals surface area contributed by atoms with Crippen molar-refractivity contribution in [2.75, 3.05) is 0 Å². The van der Waals surface area contributed by atoms with E-state index in [2.05, 4.69) is 52.2 Å². The molecule has 6 rings (SSSR count). The summed E-state index contributed by atoms with van der Waals surface area (Å²) in [6.45, 7) is 2.07. The van der Waals surface area contributed by atoms with Gasteiger partial charge in [0.15, 0.2) is 6.33 Å². The molecule has 0 amide bonds. The summed E-state index contributed by atoms with van der Waals surface area (Å²) in [5.41, 5.74) is 5.91. The average molecular weight is 609 g/mol. The van der Waals surface area contributed by atoms with Gasteiger partial charge in [-0.05, 0) is 29.0 Å². The van der Waals surface area contributed by atoms with E-state index in [0.717, 1.165) is 33.3 Å². The van der Waals surface area contributed by atoms with Crippen LogP contribution in [0.15, 0.2) is 97.6 Å². The molecule has 0 N–H and O–H groups in total. The van der Waals surface area contributed by atoms with Crippen LogP contribution in [0, 0.1) is 13.0 Å². The number of nitrogens with zero attached hydrogens (tertiary/aromatic N) is 5. The molecular weight excluding hydrogens is 587 g/mol. The second-order valence-corrected chi connectivity index (χ2v) is 7.66. The molecule has 5 nitrogen and oxygen atoms in total. The van der Waals surface area contributed by atoms with Crippen LogP contribution >= 0.6 is 0 Å². The summed E-state index contributed by atoms with van der Waals surface area (Å²) in [6, 6.07) is 29.3. The van der Waals surface area contributed by atoms with Gasteiger partial charge >= 0.3 is 0 Å². The Morgan fingerprint density at radius 2 is 1.64 bits per heavy atom. The van der Waals surface area contributed by atoms with Crippen molar-refractivity contribution < 1.29 is 20.1 Å². The Hall–Kier alpha value is -3.60. The van der Waals surface area contributed by atoms with Crippen molar-refractivity contribution in [3.8, 4) is 17.2 Å². The molecule has 1 radical (unpaired) electrons. The molecule has 0 aliphatic heterocycles. The molecule has 0 saturated heterocycles. The summed E-state index contributed by atoms with van der Waals surface area (Å²) in [6.07, 6.45) is 6.04. The quantitative estimate of drug-likeness (QED) is 0.240. The summed E-state index contributed by atoms with van der Waals surface area (Å²) in [7, 11) is 2.00. The Kier molecular flexibility index (Phi) is 6.78. The predicted octanol–water partition coefficient (Wildman–Crippen LogP) is 5.61. The predicted molar refractivity (Wildman–Crippen MR) is 129 cm³/mol. The van der Waals surface area contributed by atoms with E-state index in [1.165, 1.54) is 5.56 Å². The average Bonchev–Trinajstić information content (AvgIpc) is 3.46. The summed E-state index contributed by atoms with van der Waals surface area (Å²) in [5, 5.41) is 1.13. The first-order chi connectivity index (χ1) is 15.7. The second-order valence-electron chi connectivity index (χ2n) is 7.66. The standard InChI is InChI=1S/C16H10N3.C11H12N2.Ir/c1-2-6-12-11(5-1)9-10-15(17-12)16-18-13-7-3-4-8-14(13)19-16;1-10-3-5-11(6-4-10)13-8-7-12(2)9-13;/h1-10H;3-5,7-9H,1-2H3;/q-1;;. The molecule has 0 bridgehead atoms. The van der Waals surface area contributed by atoms with E-state index in [1.54, 1.807) is 0 Å². The van der Waals surface area contributed by atoms with Crippen LogP contribution < -0.4 is 4.98 Å². The molecule has 0 aliphatic carbocycles. The van der Waals surface area contributed by atoms with E-state index < -0.39 is 0 Å². The summed E-state index contributed by atoms with van der Waals surface area (Å²) in [4.78, 5) is 13.6. The van der Waals surface area contributed by atoms with Gasteiger partial charge in [-0.3, -0.25) is 4.57 Å². The maximum absolute atomic E-state index is 4.62. The van der Waals surface area contributed by atoms with Crippen molar-refractivity contribution in [3.63, 3.8) is 0 Å². The van der Waals surface area contributed by atoms with Crippen molar-refractivity contribution >= 4 is 21.9 Å². The van der Waals surface area contributed by atoms with Gasteiger partial charge in [-0.15, -0.1) is 12.1 Å². The van der Waals surface area contributed by atoms with Gasteiger partial charge in [0.2, 0.25) is 0 Å². The van der Waals surface area contributed by atoms with Gasteiger partial charge in [0, 0.05) is 38.2 Å². The first-order valence-corrected chi connectivity index (χ1v) is 10.4. The minimum Gasteiger partial charge on any atom is -0.434 e. The normalized spacial score (nSPS) is 10.5. The molecule has 33 heavy (non-hydrogen) atoms. The zero-order valence-electron chi connectivity index (χ0n) is 18.3. The minimum absolute atomic E-state index is 0. The van der Waals surface area contributed by atoms with Crippen molar-refractivity contribution in [2.24, 2.45) is 7.05 Å². The van der Waals surface area contributed by atoms with Crippen LogP contribution in [0.4, 0.5) is 0 Å². The van der Waals surface area contributed by atoms with E-state index in [0.29, 0.717) is 5.82 Å². The van der Waals surface area contributed by atoms with Crippen LogP contribution in [0.1, 0.15) is 5.56 Å². The van der Waals surface area contributed by atoms with E-state index >= 15 is 0 Å². The Bertz CT molecular complexity index is 1470. The third-order valence-electron chi connectivity index (χ3n) is 5.16. The van der Waals surface area contributed by atoms with Gasteiger partial charge in [-0.1, -0.05) is 55.5 Å². The molecular formula is C27H22IrN5-. The molecule has 3 aromatic carbocycles. The molecule has 6 aromatic rings. The number of benzene rings is 3. The number of aromatic nitrogens is 5. The Labute approximate surface area is 206 Å². The van der Waals surface area contributed by atoms with Gasteiger partial charge < -0.3 is 9.97 Å². The zero-order valence-corrected chi connectivity index (χ0v) is 20.7. The van der Waals surface area contributed by atoms with Crippen LogP contribution in [0.3, 0.4) is 0 Å². The Morgan fingerprint density at radius 1 is 0.848 bits per heavy atom. The number of fused-ring (bicyclic) bond motifs is 2. The molecule has 6 heteroatoms.